The highest BCUT2D eigenvalue weighted by Gasteiger charge is 2.19. The molecule has 7 nitrogen and oxygen atoms in total. The van der Waals surface area contributed by atoms with Crippen molar-refractivity contribution in [2.75, 3.05) is 14.1 Å². The van der Waals surface area contributed by atoms with Gasteiger partial charge in [-0.1, -0.05) is 11.8 Å². The molecule has 0 saturated carbocycles. The summed E-state index contributed by atoms with van der Waals surface area (Å²) in [4.78, 5) is 9.11. The third-order valence-electron chi connectivity index (χ3n) is 3.75. The van der Waals surface area contributed by atoms with Gasteiger partial charge in [-0.25, -0.2) is 22.7 Å². The lowest BCUT2D eigenvalue weighted by Gasteiger charge is -2.10. The minimum absolute atomic E-state index is 0.187. The van der Waals surface area contributed by atoms with Crippen LogP contribution in [0.2, 0.25) is 0 Å². The zero-order valence-corrected chi connectivity index (χ0v) is 16.9. The molecular weight excluding hydrogens is 406 g/mol. The Hall–Kier alpha value is -2.14. The van der Waals surface area contributed by atoms with Crippen LogP contribution in [0, 0.1) is 0 Å². The summed E-state index contributed by atoms with van der Waals surface area (Å²) in [6, 6.07) is 8.37. The summed E-state index contributed by atoms with van der Waals surface area (Å²) < 4.78 is 36.7. The molecule has 0 fully saturated rings. The van der Waals surface area contributed by atoms with E-state index in [2.05, 4.69) is 9.97 Å². The van der Waals surface area contributed by atoms with Crippen LogP contribution in [0.25, 0.3) is 21.9 Å². The van der Waals surface area contributed by atoms with Gasteiger partial charge in [-0.05, 0) is 30.3 Å². The van der Waals surface area contributed by atoms with Gasteiger partial charge in [0, 0.05) is 25.2 Å². The lowest BCUT2D eigenvalue weighted by Crippen LogP contribution is -2.22. The quantitative estimate of drug-likeness (QED) is 0.433. The van der Waals surface area contributed by atoms with E-state index in [0.717, 1.165) is 16.5 Å². The first-order valence-corrected chi connectivity index (χ1v) is 11.2. The summed E-state index contributed by atoms with van der Waals surface area (Å²) in [5, 5.41) is 3.26. The molecule has 4 rings (SSSR count). The van der Waals surface area contributed by atoms with E-state index in [9.17, 15) is 8.42 Å². The molecular formula is C17H15N3O4S3. The van der Waals surface area contributed by atoms with Crippen LogP contribution in [0.4, 0.5) is 0 Å². The minimum Gasteiger partial charge on any atom is -0.462 e. The molecule has 0 atom stereocenters. The molecule has 0 saturated heterocycles. The van der Waals surface area contributed by atoms with Crippen molar-refractivity contribution in [1.82, 2.24) is 14.3 Å². The molecule has 27 heavy (non-hydrogen) atoms. The summed E-state index contributed by atoms with van der Waals surface area (Å²) >= 11 is 2.92. The van der Waals surface area contributed by atoms with Crippen LogP contribution in [-0.4, -0.2) is 36.8 Å². The summed E-state index contributed by atoms with van der Waals surface area (Å²) in [5.74, 6) is 1.33. The first kappa shape index (κ1) is 18.2. The Morgan fingerprint density at radius 2 is 2.07 bits per heavy atom. The van der Waals surface area contributed by atoms with Gasteiger partial charge in [0.1, 0.15) is 5.52 Å². The van der Waals surface area contributed by atoms with Gasteiger partial charge in [0.05, 0.1) is 16.9 Å². The second-order valence-electron chi connectivity index (χ2n) is 5.81. The standard InChI is InChI=1S/C17H15N3O4S3/c1-20(2)27(21,22)12-5-6-14-13(8-12)19-17(24-14)26-10-11-9-25-16(18-11)15-4-3-7-23-15/h3-9H,10H2,1-2H3. The van der Waals surface area contributed by atoms with E-state index in [0.29, 0.717) is 22.1 Å². The molecule has 0 bridgehead atoms. The molecule has 140 valence electrons. The fraction of sp³-hybridized carbons (Fsp3) is 0.176. The van der Waals surface area contributed by atoms with E-state index in [-0.39, 0.29) is 4.90 Å². The number of furan rings is 1. The van der Waals surface area contributed by atoms with E-state index in [4.69, 9.17) is 8.83 Å². The zero-order chi connectivity index (χ0) is 19.0. The van der Waals surface area contributed by atoms with Crippen LogP contribution >= 0.6 is 23.1 Å². The van der Waals surface area contributed by atoms with E-state index in [1.165, 1.54) is 53.6 Å². The molecule has 4 aromatic rings. The van der Waals surface area contributed by atoms with Gasteiger partial charge < -0.3 is 8.83 Å². The molecule has 0 aliphatic heterocycles. The summed E-state index contributed by atoms with van der Waals surface area (Å²) in [6.07, 6.45) is 1.62. The van der Waals surface area contributed by atoms with Crippen molar-refractivity contribution in [3.63, 3.8) is 0 Å². The predicted octanol–water partition coefficient (Wildman–Crippen LogP) is 4.09. The number of nitrogens with zero attached hydrogens (tertiary/aromatic N) is 3. The Morgan fingerprint density at radius 1 is 1.22 bits per heavy atom. The summed E-state index contributed by atoms with van der Waals surface area (Å²) in [6.45, 7) is 0. The molecule has 0 aliphatic carbocycles. The van der Waals surface area contributed by atoms with Gasteiger partial charge in [-0.3, -0.25) is 0 Å². The Bertz CT molecular complexity index is 1180. The van der Waals surface area contributed by atoms with Crippen molar-refractivity contribution in [3.8, 4) is 10.8 Å². The highest BCUT2D eigenvalue weighted by molar-refractivity contribution is 7.98. The van der Waals surface area contributed by atoms with Gasteiger partial charge >= 0.3 is 0 Å². The van der Waals surface area contributed by atoms with Gasteiger partial charge in [-0.15, -0.1) is 11.3 Å². The minimum atomic E-state index is -3.51. The van der Waals surface area contributed by atoms with Gasteiger partial charge in [0.2, 0.25) is 10.0 Å². The van der Waals surface area contributed by atoms with E-state index in [1.807, 2.05) is 17.5 Å². The van der Waals surface area contributed by atoms with E-state index >= 15 is 0 Å². The van der Waals surface area contributed by atoms with Crippen LogP contribution in [0.1, 0.15) is 5.69 Å². The maximum atomic E-state index is 12.2. The fourth-order valence-electron chi connectivity index (χ4n) is 2.34. The number of hydrogen-bond donors (Lipinski definition) is 0. The Kier molecular flexibility index (Phi) is 4.81. The van der Waals surface area contributed by atoms with Crippen LogP contribution in [0.15, 0.2) is 60.9 Å². The number of aromatic nitrogens is 2. The molecule has 3 aromatic heterocycles. The number of thioether (sulfide) groups is 1. The molecule has 0 unspecified atom stereocenters. The second kappa shape index (κ2) is 7.12. The van der Waals surface area contributed by atoms with Crippen molar-refractivity contribution in [1.29, 1.82) is 0 Å². The number of fused-ring (bicyclic) bond motifs is 1. The zero-order valence-electron chi connectivity index (χ0n) is 14.4. The van der Waals surface area contributed by atoms with Crippen LogP contribution in [0.3, 0.4) is 0 Å². The normalized spacial score (nSPS) is 12.3. The van der Waals surface area contributed by atoms with Crippen LogP contribution in [0.5, 0.6) is 0 Å². The maximum absolute atomic E-state index is 12.2. The Balaban J connectivity index is 1.51. The first-order valence-electron chi connectivity index (χ1n) is 7.88. The lowest BCUT2D eigenvalue weighted by atomic mass is 10.3. The summed E-state index contributed by atoms with van der Waals surface area (Å²) in [5.41, 5.74) is 1.95. The lowest BCUT2D eigenvalue weighted by molar-refractivity contribution is 0.489. The monoisotopic (exact) mass is 421 g/mol. The van der Waals surface area contributed by atoms with Crippen LogP contribution in [-0.2, 0) is 15.8 Å². The van der Waals surface area contributed by atoms with E-state index < -0.39 is 10.0 Å². The molecule has 1 aromatic carbocycles. The van der Waals surface area contributed by atoms with Gasteiger partial charge in [0.15, 0.2) is 16.4 Å². The van der Waals surface area contributed by atoms with Crippen molar-refractivity contribution in [2.45, 2.75) is 15.9 Å². The average molecular weight is 422 g/mol. The van der Waals surface area contributed by atoms with E-state index in [1.54, 1.807) is 12.3 Å². The number of hydrogen-bond acceptors (Lipinski definition) is 8. The summed E-state index contributed by atoms with van der Waals surface area (Å²) in [7, 11) is -0.517. The number of rotatable bonds is 6. The van der Waals surface area contributed by atoms with Gasteiger partial charge in [-0.2, -0.15) is 0 Å². The van der Waals surface area contributed by atoms with Crippen molar-refractivity contribution in [2.24, 2.45) is 0 Å². The van der Waals surface area contributed by atoms with Gasteiger partial charge in [0.25, 0.3) is 5.22 Å². The van der Waals surface area contributed by atoms with Crippen molar-refractivity contribution in [3.05, 3.63) is 47.7 Å². The second-order valence-corrected chi connectivity index (χ2v) is 9.74. The molecule has 0 amide bonds. The smallest absolute Gasteiger partial charge is 0.257 e. The largest absolute Gasteiger partial charge is 0.462 e. The third kappa shape index (κ3) is 3.65. The van der Waals surface area contributed by atoms with Crippen molar-refractivity contribution >= 4 is 44.2 Å². The highest BCUT2D eigenvalue weighted by atomic mass is 32.2. The molecule has 3 heterocycles. The molecule has 0 N–H and O–H groups in total. The highest BCUT2D eigenvalue weighted by Crippen LogP contribution is 2.30. The first-order chi connectivity index (χ1) is 12.9. The topological polar surface area (TPSA) is 89.4 Å². The molecule has 0 radical (unpaired) electrons. The average Bonchev–Trinajstić information content (AvgIpc) is 3.37. The Morgan fingerprint density at radius 3 is 2.81 bits per heavy atom. The number of thiazole rings is 1. The third-order valence-corrected chi connectivity index (χ3v) is 7.32. The number of sulfonamides is 1. The Labute approximate surface area is 164 Å². The molecule has 0 spiro atoms. The molecule has 10 heteroatoms. The SMILES string of the molecule is CN(C)S(=O)(=O)c1ccc2oc(SCc3csc(-c4ccco4)n3)nc2c1. The van der Waals surface area contributed by atoms with Crippen molar-refractivity contribution < 1.29 is 17.3 Å². The number of oxazole rings is 1. The van der Waals surface area contributed by atoms with Crippen LogP contribution < -0.4 is 0 Å². The fourth-order valence-corrected chi connectivity index (χ4v) is 4.89. The maximum Gasteiger partial charge on any atom is 0.257 e. The number of benzene rings is 1. The predicted molar refractivity (Wildman–Crippen MR) is 104 cm³/mol. The molecule has 0 aliphatic rings.